The van der Waals surface area contributed by atoms with Crippen molar-refractivity contribution < 1.29 is 0 Å². The summed E-state index contributed by atoms with van der Waals surface area (Å²) in [7, 11) is 0. The average Bonchev–Trinajstić information content (AvgIpc) is 1.81. The van der Waals surface area contributed by atoms with Crippen LogP contribution in [-0.4, -0.2) is 5.87 Å². The van der Waals surface area contributed by atoms with Crippen molar-refractivity contribution in [2.24, 2.45) is 10.9 Å². The molecule has 0 aliphatic heterocycles. The van der Waals surface area contributed by atoms with E-state index in [1.807, 2.05) is 18.4 Å². The maximum absolute atomic E-state index is 4.76. The zero-order valence-electron chi connectivity index (χ0n) is 4.66. The smallest absolute Gasteiger partial charge is 0.0386 e. The third-order valence-corrected chi connectivity index (χ3v) is 1.08. The number of nitrogens with two attached hydrogens (primary N) is 1. The van der Waals surface area contributed by atoms with E-state index in [0.29, 0.717) is 0 Å². The molecule has 0 aliphatic carbocycles. The fraction of sp³-hybridized carbons (Fsp3) is 0.200. The molecule has 0 rings (SSSR count). The van der Waals surface area contributed by atoms with Crippen LogP contribution in [0.25, 0.3) is 0 Å². The molecule has 0 saturated heterocycles. The lowest BCUT2D eigenvalue weighted by molar-refractivity contribution is 1.27. The van der Waals surface area contributed by atoms with E-state index in [4.69, 9.17) is 5.84 Å². The van der Waals surface area contributed by atoms with E-state index < -0.39 is 0 Å². The standard InChI is InChI=1S/C5H8N2S/c1-2-4-8-5-3-7-6/h2,4-5H,6H2,1H3/b4-2-. The van der Waals surface area contributed by atoms with Crippen molar-refractivity contribution in [2.45, 2.75) is 6.92 Å². The quantitative estimate of drug-likeness (QED) is 0.346. The summed E-state index contributed by atoms with van der Waals surface area (Å²) in [5.74, 6) is 7.23. The zero-order valence-corrected chi connectivity index (χ0v) is 5.48. The predicted octanol–water partition coefficient (Wildman–Crippen LogP) is 1.31. The molecule has 2 N–H and O–H groups in total. The van der Waals surface area contributed by atoms with Gasteiger partial charge in [0.05, 0.1) is 0 Å². The summed E-state index contributed by atoms with van der Waals surface area (Å²) in [5.41, 5.74) is 0. The second-order valence-electron chi connectivity index (χ2n) is 0.982. The van der Waals surface area contributed by atoms with E-state index in [1.54, 1.807) is 5.41 Å². The van der Waals surface area contributed by atoms with Crippen LogP contribution in [0.4, 0.5) is 0 Å². The maximum atomic E-state index is 4.76. The van der Waals surface area contributed by atoms with Crippen LogP contribution in [0.15, 0.2) is 22.0 Å². The van der Waals surface area contributed by atoms with Crippen molar-refractivity contribution in [3.05, 3.63) is 16.9 Å². The van der Waals surface area contributed by atoms with Gasteiger partial charge in [0.25, 0.3) is 0 Å². The Balaban J connectivity index is 3.30. The molecule has 44 valence electrons. The molecule has 2 nitrogen and oxygen atoms in total. The second-order valence-corrected chi connectivity index (χ2v) is 1.76. The molecule has 0 bridgehead atoms. The van der Waals surface area contributed by atoms with E-state index in [0.717, 1.165) is 0 Å². The number of thioether (sulfide) groups is 1. The Bertz CT molecular complexity index is 122. The van der Waals surface area contributed by atoms with Crippen molar-refractivity contribution >= 4 is 17.6 Å². The van der Waals surface area contributed by atoms with Gasteiger partial charge in [0.15, 0.2) is 0 Å². The van der Waals surface area contributed by atoms with Gasteiger partial charge in [-0.1, -0.05) is 17.8 Å². The van der Waals surface area contributed by atoms with E-state index in [9.17, 15) is 0 Å². The van der Waals surface area contributed by atoms with Gasteiger partial charge in [-0.15, -0.1) is 5.10 Å². The fourth-order valence-electron chi connectivity index (χ4n) is 0.179. The topological polar surface area (TPSA) is 38.4 Å². The SMILES string of the molecule is C/C=C\SC=C=NN. The minimum absolute atomic E-state index is 1.49. The number of allylic oxidation sites excluding steroid dienone is 1. The minimum atomic E-state index is 1.49. The number of hydrogen-bond donors (Lipinski definition) is 1. The monoisotopic (exact) mass is 128 g/mol. The molecule has 0 aromatic heterocycles. The Morgan fingerprint density at radius 2 is 2.50 bits per heavy atom. The predicted molar refractivity (Wildman–Crippen MR) is 38.6 cm³/mol. The Labute approximate surface area is 53.1 Å². The first-order valence-electron chi connectivity index (χ1n) is 2.15. The van der Waals surface area contributed by atoms with Crippen molar-refractivity contribution in [3.8, 4) is 0 Å². The number of nitrogens with zero attached hydrogens (tertiary/aromatic N) is 1. The van der Waals surface area contributed by atoms with Crippen molar-refractivity contribution in [2.75, 3.05) is 0 Å². The molecule has 0 unspecified atom stereocenters. The molecule has 0 saturated carbocycles. The molecule has 0 radical (unpaired) electrons. The van der Waals surface area contributed by atoms with Gasteiger partial charge in [-0.3, -0.25) is 0 Å². The minimum Gasteiger partial charge on any atom is -0.315 e. The number of rotatable bonds is 2. The van der Waals surface area contributed by atoms with Gasteiger partial charge >= 0.3 is 0 Å². The largest absolute Gasteiger partial charge is 0.315 e. The highest BCUT2D eigenvalue weighted by Crippen LogP contribution is 1.98. The summed E-state index contributed by atoms with van der Waals surface area (Å²) in [6, 6.07) is 0. The second kappa shape index (κ2) is 6.34. The fourth-order valence-corrected chi connectivity index (χ4v) is 0.536. The van der Waals surface area contributed by atoms with Crippen LogP contribution < -0.4 is 5.84 Å². The molecular weight excluding hydrogens is 120 g/mol. The Morgan fingerprint density at radius 3 is 3.00 bits per heavy atom. The molecular formula is C5H8N2S. The van der Waals surface area contributed by atoms with Crippen molar-refractivity contribution in [3.63, 3.8) is 0 Å². The Hall–Kier alpha value is -0.660. The first kappa shape index (κ1) is 7.34. The summed E-state index contributed by atoms with van der Waals surface area (Å²) in [4.78, 5) is 0. The molecule has 0 fully saturated rings. The summed E-state index contributed by atoms with van der Waals surface area (Å²) >= 11 is 1.49. The zero-order chi connectivity index (χ0) is 6.24. The van der Waals surface area contributed by atoms with E-state index in [2.05, 4.69) is 11.0 Å². The maximum Gasteiger partial charge on any atom is 0.0386 e. The van der Waals surface area contributed by atoms with Gasteiger partial charge in [-0.2, -0.15) is 0 Å². The van der Waals surface area contributed by atoms with E-state index in [1.165, 1.54) is 11.8 Å². The molecule has 0 amide bonds. The van der Waals surface area contributed by atoms with Crippen LogP contribution in [-0.2, 0) is 0 Å². The highest BCUT2D eigenvalue weighted by molar-refractivity contribution is 8.05. The lowest BCUT2D eigenvalue weighted by Crippen LogP contribution is -1.72. The summed E-state index contributed by atoms with van der Waals surface area (Å²) < 4.78 is 0. The van der Waals surface area contributed by atoms with Crippen LogP contribution in [0.1, 0.15) is 6.92 Å². The summed E-state index contributed by atoms with van der Waals surface area (Å²) in [6.45, 7) is 1.94. The van der Waals surface area contributed by atoms with Gasteiger partial charge in [-0.05, 0) is 12.3 Å². The molecule has 0 aromatic carbocycles. The van der Waals surface area contributed by atoms with Gasteiger partial charge < -0.3 is 5.84 Å². The van der Waals surface area contributed by atoms with Crippen LogP contribution in [0.3, 0.4) is 0 Å². The van der Waals surface area contributed by atoms with Gasteiger partial charge in [-0.25, -0.2) is 0 Å². The Kier molecular flexibility index (Phi) is 5.82. The summed E-state index contributed by atoms with van der Waals surface area (Å²) in [6.07, 6.45) is 1.93. The molecule has 0 atom stereocenters. The summed E-state index contributed by atoms with van der Waals surface area (Å²) in [5, 5.41) is 6.74. The van der Waals surface area contributed by atoms with Crippen LogP contribution in [0.2, 0.25) is 0 Å². The van der Waals surface area contributed by atoms with Crippen molar-refractivity contribution in [1.29, 1.82) is 0 Å². The van der Waals surface area contributed by atoms with Gasteiger partial charge in [0.2, 0.25) is 0 Å². The lowest BCUT2D eigenvalue weighted by atomic mass is 10.8. The van der Waals surface area contributed by atoms with Crippen LogP contribution in [0.5, 0.6) is 0 Å². The van der Waals surface area contributed by atoms with E-state index in [-0.39, 0.29) is 0 Å². The highest BCUT2D eigenvalue weighted by atomic mass is 32.2. The molecule has 0 spiro atoms. The first-order chi connectivity index (χ1) is 3.91. The first-order valence-corrected chi connectivity index (χ1v) is 3.10. The molecule has 0 aliphatic rings. The highest BCUT2D eigenvalue weighted by Gasteiger charge is 1.62. The normalized spacial score (nSPS) is 8.62. The Morgan fingerprint density at radius 1 is 1.75 bits per heavy atom. The molecule has 8 heavy (non-hydrogen) atoms. The molecule has 0 aromatic rings. The lowest BCUT2D eigenvalue weighted by Gasteiger charge is -1.70. The van der Waals surface area contributed by atoms with Crippen LogP contribution in [0, 0.1) is 0 Å². The van der Waals surface area contributed by atoms with Crippen molar-refractivity contribution in [1.82, 2.24) is 0 Å². The number of hydrazone groups is 1. The molecule has 0 heterocycles. The van der Waals surface area contributed by atoms with E-state index >= 15 is 0 Å². The average molecular weight is 128 g/mol. The molecule has 3 heteroatoms. The van der Waals surface area contributed by atoms with Crippen LogP contribution >= 0.6 is 11.8 Å². The van der Waals surface area contributed by atoms with Gasteiger partial charge in [0.1, 0.15) is 0 Å². The third kappa shape index (κ3) is 5.34. The van der Waals surface area contributed by atoms with Gasteiger partial charge in [0, 0.05) is 11.3 Å². The number of hydrogen-bond acceptors (Lipinski definition) is 3. The third-order valence-electron chi connectivity index (χ3n) is 0.410.